The highest BCUT2D eigenvalue weighted by Crippen LogP contribution is 2.24. The molecule has 0 amide bonds. The van der Waals surface area contributed by atoms with Gasteiger partial charge in [-0.15, -0.1) is 24.0 Å². The van der Waals surface area contributed by atoms with Crippen molar-refractivity contribution in [3.05, 3.63) is 27.8 Å². The van der Waals surface area contributed by atoms with E-state index in [1.165, 1.54) is 3.57 Å². The van der Waals surface area contributed by atoms with Gasteiger partial charge >= 0.3 is 0 Å². The van der Waals surface area contributed by atoms with E-state index in [9.17, 15) is 0 Å². The van der Waals surface area contributed by atoms with Crippen molar-refractivity contribution in [2.75, 3.05) is 26.7 Å². The maximum atomic E-state index is 6.15. The molecule has 1 N–H and O–H groups in total. The second-order valence-corrected chi connectivity index (χ2v) is 7.22. The monoisotopic (exact) mass is 543 g/mol. The predicted molar refractivity (Wildman–Crippen MR) is 116 cm³/mol. The minimum Gasteiger partial charge on any atom is -0.489 e. The van der Waals surface area contributed by atoms with Crippen LogP contribution >= 0.6 is 46.6 Å². The molecule has 4 nitrogen and oxygen atoms in total. The van der Waals surface area contributed by atoms with Gasteiger partial charge in [-0.05, 0) is 40.6 Å². The number of piperidine rings is 1. The summed E-state index contributed by atoms with van der Waals surface area (Å²) < 4.78 is 7.33. The number of ether oxygens (including phenoxy) is 1. The second kappa shape index (κ2) is 10.6. The molecule has 0 bridgehead atoms. The highest BCUT2D eigenvalue weighted by Gasteiger charge is 2.23. The third-order valence-electron chi connectivity index (χ3n) is 3.75. The number of benzene rings is 1. The zero-order valence-corrected chi connectivity index (χ0v) is 18.6. The van der Waals surface area contributed by atoms with Crippen LogP contribution in [0, 0.1) is 9.49 Å². The summed E-state index contributed by atoms with van der Waals surface area (Å²) in [4.78, 5) is 6.73. The van der Waals surface area contributed by atoms with Gasteiger partial charge in [0.05, 0.1) is 3.57 Å². The number of para-hydroxylation sites is 1. The number of likely N-dealkylation sites (tertiary alicyclic amines) is 1. The Morgan fingerprint density at radius 2 is 2.00 bits per heavy atom. The summed E-state index contributed by atoms with van der Waals surface area (Å²) in [7, 11) is 1.86. The Kier molecular flexibility index (Phi) is 9.57. The van der Waals surface area contributed by atoms with E-state index in [1.807, 2.05) is 19.2 Å². The molecule has 0 unspecified atom stereocenters. The van der Waals surface area contributed by atoms with Crippen LogP contribution in [0.2, 0.25) is 0 Å². The van der Waals surface area contributed by atoms with Crippen molar-refractivity contribution in [3.63, 3.8) is 0 Å². The molecule has 1 aromatic rings. The van der Waals surface area contributed by atoms with E-state index in [2.05, 4.69) is 63.8 Å². The number of hydrogen-bond acceptors (Lipinski definition) is 2. The van der Waals surface area contributed by atoms with Gasteiger partial charge in [-0.2, -0.15) is 0 Å². The Hall–Kier alpha value is -0.250. The molecule has 1 aromatic carbocycles. The van der Waals surface area contributed by atoms with Gasteiger partial charge in [-0.1, -0.05) is 26.0 Å². The lowest BCUT2D eigenvalue weighted by Crippen LogP contribution is -2.48. The molecule has 6 heteroatoms. The van der Waals surface area contributed by atoms with E-state index < -0.39 is 0 Å². The zero-order valence-electron chi connectivity index (χ0n) is 14.1. The molecule has 1 heterocycles. The molecule has 0 spiro atoms. The fourth-order valence-electron chi connectivity index (χ4n) is 2.53. The largest absolute Gasteiger partial charge is 0.489 e. The van der Waals surface area contributed by atoms with Crippen LogP contribution in [0.5, 0.6) is 5.75 Å². The van der Waals surface area contributed by atoms with Crippen molar-refractivity contribution in [2.24, 2.45) is 10.9 Å². The third-order valence-corrected chi connectivity index (χ3v) is 4.64. The van der Waals surface area contributed by atoms with Crippen LogP contribution in [0.4, 0.5) is 0 Å². The van der Waals surface area contributed by atoms with Gasteiger partial charge < -0.3 is 15.0 Å². The van der Waals surface area contributed by atoms with E-state index in [0.717, 1.165) is 44.2 Å². The lowest BCUT2D eigenvalue weighted by Gasteiger charge is -2.34. The highest BCUT2D eigenvalue weighted by molar-refractivity contribution is 14.1. The maximum absolute atomic E-state index is 6.15. The molecular formula is C17H27I2N3O. The zero-order chi connectivity index (χ0) is 15.9. The average molecular weight is 543 g/mol. The van der Waals surface area contributed by atoms with Gasteiger partial charge in [0.1, 0.15) is 11.9 Å². The van der Waals surface area contributed by atoms with Gasteiger partial charge in [0.2, 0.25) is 0 Å². The Labute approximate surface area is 170 Å². The van der Waals surface area contributed by atoms with Gasteiger partial charge in [0.15, 0.2) is 5.96 Å². The first-order valence-electron chi connectivity index (χ1n) is 7.97. The van der Waals surface area contributed by atoms with Gasteiger partial charge in [-0.25, -0.2) is 0 Å². The molecule has 0 atom stereocenters. The molecule has 0 saturated carbocycles. The summed E-state index contributed by atoms with van der Waals surface area (Å²) in [6.07, 6.45) is 2.37. The molecular weight excluding hydrogens is 516 g/mol. The molecule has 0 aromatic heterocycles. The summed E-state index contributed by atoms with van der Waals surface area (Å²) in [6.45, 7) is 7.37. The molecule has 0 aliphatic carbocycles. The molecule has 0 radical (unpaired) electrons. The standard InChI is InChI=1S/C17H26IN3O.HI/c1-13(2)12-20-17(19-3)21-10-8-14(9-11-21)22-16-7-5-4-6-15(16)18;/h4-7,13-14H,8-12H2,1-3H3,(H,19,20);1H. The number of nitrogens with zero attached hydrogens (tertiary/aromatic N) is 2. The predicted octanol–water partition coefficient (Wildman–Crippen LogP) is 3.98. The van der Waals surface area contributed by atoms with Crippen molar-refractivity contribution in [2.45, 2.75) is 32.8 Å². The lowest BCUT2D eigenvalue weighted by atomic mass is 10.1. The van der Waals surface area contributed by atoms with Crippen LogP contribution in [0.25, 0.3) is 0 Å². The van der Waals surface area contributed by atoms with E-state index in [1.54, 1.807) is 0 Å². The summed E-state index contributed by atoms with van der Waals surface area (Å²) in [5, 5.41) is 3.45. The number of aliphatic imine (C=N–C) groups is 1. The normalized spacial score (nSPS) is 16.2. The summed E-state index contributed by atoms with van der Waals surface area (Å²) in [6, 6.07) is 8.21. The van der Waals surface area contributed by atoms with E-state index in [4.69, 9.17) is 4.74 Å². The van der Waals surface area contributed by atoms with E-state index in [-0.39, 0.29) is 24.0 Å². The molecule has 1 aliphatic rings. The Bertz CT molecular complexity index is 500. The number of hydrogen-bond donors (Lipinski definition) is 1. The van der Waals surface area contributed by atoms with Gasteiger partial charge in [0.25, 0.3) is 0 Å². The molecule has 1 saturated heterocycles. The summed E-state index contributed by atoms with van der Waals surface area (Å²) in [5.41, 5.74) is 0. The van der Waals surface area contributed by atoms with Crippen molar-refractivity contribution < 1.29 is 4.74 Å². The first-order valence-corrected chi connectivity index (χ1v) is 9.04. The molecule has 130 valence electrons. The van der Waals surface area contributed by atoms with Crippen LogP contribution < -0.4 is 10.1 Å². The molecule has 1 fully saturated rings. The van der Waals surface area contributed by atoms with Crippen molar-refractivity contribution in [1.82, 2.24) is 10.2 Å². The Balaban J connectivity index is 0.00000264. The Morgan fingerprint density at radius 3 is 2.57 bits per heavy atom. The smallest absolute Gasteiger partial charge is 0.193 e. The van der Waals surface area contributed by atoms with Crippen molar-refractivity contribution >= 4 is 52.5 Å². The fourth-order valence-corrected chi connectivity index (χ4v) is 3.05. The first kappa shape index (κ1) is 20.8. The van der Waals surface area contributed by atoms with Crippen LogP contribution in [-0.4, -0.2) is 43.6 Å². The van der Waals surface area contributed by atoms with E-state index >= 15 is 0 Å². The van der Waals surface area contributed by atoms with Gasteiger partial charge in [0, 0.05) is 39.5 Å². The number of rotatable bonds is 4. The second-order valence-electron chi connectivity index (χ2n) is 6.06. The Morgan fingerprint density at radius 1 is 1.35 bits per heavy atom. The minimum atomic E-state index is 0. The number of nitrogens with one attached hydrogen (secondary N) is 1. The molecule has 2 rings (SSSR count). The highest BCUT2D eigenvalue weighted by atomic mass is 127. The van der Waals surface area contributed by atoms with E-state index in [0.29, 0.717) is 12.0 Å². The SMILES string of the molecule is CN=C(NCC(C)C)N1CCC(Oc2ccccc2I)CC1.I. The number of halogens is 2. The summed E-state index contributed by atoms with van der Waals surface area (Å²) in [5.74, 6) is 2.64. The lowest BCUT2D eigenvalue weighted by molar-refractivity contribution is 0.128. The number of guanidine groups is 1. The van der Waals surface area contributed by atoms with Crippen LogP contribution in [0.1, 0.15) is 26.7 Å². The summed E-state index contributed by atoms with van der Waals surface area (Å²) >= 11 is 2.33. The van der Waals surface area contributed by atoms with Crippen LogP contribution in [-0.2, 0) is 0 Å². The first-order chi connectivity index (χ1) is 10.6. The third kappa shape index (κ3) is 6.64. The topological polar surface area (TPSA) is 36.9 Å². The van der Waals surface area contributed by atoms with Crippen molar-refractivity contribution in [3.8, 4) is 5.75 Å². The average Bonchev–Trinajstić information content (AvgIpc) is 2.51. The molecule has 23 heavy (non-hydrogen) atoms. The fraction of sp³-hybridized carbons (Fsp3) is 0.588. The quantitative estimate of drug-likeness (QED) is 0.355. The van der Waals surface area contributed by atoms with Crippen LogP contribution in [0.3, 0.4) is 0 Å². The van der Waals surface area contributed by atoms with Crippen LogP contribution in [0.15, 0.2) is 29.3 Å². The minimum absolute atomic E-state index is 0. The van der Waals surface area contributed by atoms with Crippen molar-refractivity contribution in [1.29, 1.82) is 0 Å². The van der Waals surface area contributed by atoms with Gasteiger partial charge in [-0.3, -0.25) is 4.99 Å². The molecule has 1 aliphatic heterocycles. The maximum Gasteiger partial charge on any atom is 0.193 e.